The lowest BCUT2D eigenvalue weighted by molar-refractivity contribution is -0.142. The molecule has 21 heavy (non-hydrogen) atoms. The van der Waals surface area contributed by atoms with Crippen LogP contribution < -0.4 is 5.32 Å². The van der Waals surface area contributed by atoms with E-state index >= 15 is 0 Å². The molecule has 2 atom stereocenters. The van der Waals surface area contributed by atoms with Gasteiger partial charge < -0.3 is 15.2 Å². The van der Waals surface area contributed by atoms with Gasteiger partial charge in [-0.05, 0) is 24.1 Å². The normalized spacial score (nSPS) is 21.2. The van der Waals surface area contributed by atoms with Crippen LogP contribution in [-0.2, 0) is 20.7 Å². The van der Waals surface area contributed by atoms with Gasteiger partial charge in [-0.1, -0.05) is 29.3 Å². The van der Waals surface area contributed by atoms with Gasteiger partial charge in [0.2, 0.25) is 5.91 Å². The minimum atomic E-state index is -0.960. The number of hydrogen-bond acceptors (Lipinski definition) is 3. The lowest BCUT2D eigenvalue weighted by Gasteiger charge is -2.15. The first-order chi connectivity index (χ1) is 9.97. The molecule has 5 nitrogen and oxygen atoms in total. The van der Waals surface area contributed by atoms with Crippen LogP contribution in [0.15, 0.2) is 18.2 Å². The Bertz CT molecular complexity index is 550. The average Bonchev–Trinajstić information content (AvgIpc) is 2.86. The SMILES string of the molecule is O=C(CCc1ccc(Cl)cc1Cl)NC1COCC1C(=O)O. The molecule has 0 radical (unpaired) electrons. The Morgan fingerprint density at radius 2 is 2.10 bits per heavy atom. The summed E-state index contributed by atoms with van der Waals surface area (Å²) in [6.45, 7) is 0.355. The maximum atomic E-state index is 11.9. The van der Waals surface area contributed by atoms with E-state index in [9.17, 15) is 9.59 Å². The standard InChI is InChI=1S/C14H15Cl2NO4/c15-9-3-1-8(11(16)5-9)2-4-13(18)17-12-7-21-6-10(12)14(19)20/h1,3,5,10,12H,2,4,6-7H2,(H,17,18)(H,19,20). The lowest BCUT2D eigenvalue weighted by atomic mass is 10.0. The number of carbonyl (C=O) groups excluding carboxylic acids is 1. The van der Waals surface area contributed by atoms with Crippen molar-refractivity contribution < 1.29 is 19.4 Å². The van der Waals surface area contributed by atoms with Gasteiger partial charge in [-0.2, -0.15) is 0 Å². The third kappa shape index (κ3) is 4.33. The minimum absolute atomic E-state index is 0.128. The number of hydrogen-bond donors (Lipinski definition) is 2. The second-order valence-corrected chi connectivity index (χ2v) is 5.74. The second kappa shape index (κ2) is 7.11. The maximum Gasteiger partial charge on any atom is 0.311 e. The number of halogens is 2. The van der Waals surface area contributed by atoms with Crippen LogP contribution in [0.4, 0.5) is 0 Å². The topological polar surface area (TPSA) is 75.6 Å². The van der Waals surface area contributed by atoms with E-state index in [-0.39, 0.29) is 25.5 Å². The van der Waals surface area contributed by atoms with E-state index in [1.807, 2.05) is 0 Å². The highest BCUT2D eigenvalue weighted by Crippen LogP contribution is 2.22. The van der Waals surface area contributed by atoms with Crippen molar-refractivity contribution >= 4 is 35.1 Å². The van der Waals surface area contributed by atoms with Gasteiger partial charge in [0.15, 0.2) is 0 Å². The van der Waals surface area contributed by atoms with Crippen LogP contribution in [0.3, 0.4) is 0 Å². The van der Waals surface area contributed by atoms with E-state index in [0.717, 1.165) is 5.56 Å². The van der Waals surface area contributed by atoms with Crippen molar-refractivity contribution in [1.82, 2.24) is 5.32 Å². The summed E-state index contributed by atoms with van der Waals surface area (Å²) in [5.41, 5.74) is 0.827. The van der Waals surface area contributed by atoms with E-state index in [4.69, 9.17) is 33.0 Å². The summed E-state index contributed by atoms with van der Waals surface area (Å²) in [4.78, 5) is 22.9. The Labute approximate surface area is 132 Å². The summed E-state index contributed by atoms with van der Waals surface area (Å²) in [5, 5.41) is 12.8. The van der Waals surface area contributed by atoms with E-state index in [2.05, 4.69) is 5.32 Å². The third-order valence-corrected chi connectivity index (χ3v) is 3.97. The summed E-state index contributed by atoms with van der Waals surface area (Å²) in [5.74, 6) is -1.87. The molecule has 2 rings (SSSR count). The zero-order chi connectivity index (χ0) is 15.4. The molecule has 0 bridgehead atoms. The minimum Gasteiger partial charge on any atom is -0.481 e. The van der Waals surface area contributed by atoms with Gasteiger partial charge in [0.25, 0.3) is 0 Å². The van der Waals surface area contributed by atoms with Crippen molar-refractivity contribution in [3.63, 3.8) is 0 Å². The number of aryl methyl sites for hydroxylation is 1. The first-order valence-electron chi connectivity index (χ1n) is 6.51. The summed E-state index contributed by atoms with van der Waals surface area (Å²) >= 11 is 11.8. The summed E-state index contributed by atoms with van der Waals surface area (Å²) in [7, 11) is 0. The van der Waals surface area contributed by atoms with E-state index in [0.29, 0.717) is 16.5 Å². The van der Waals surface area contributed by atoms with Crippen LogP contribution in [-0.4, -0.2) is 36.2 Å². The van der Waals surface area contributed by atoms with Crippen molar-refractivity contribution in [1.29, 1.82) is 0 Å². The van der Waals surface area contributed by atoms with E-state index < -0.39 is 17.9 Å². The Kier molecular flexibility index (Phi) is 5.45. The van der Waals surface area contributed by atoms with Gasteiger partial charge >= 0.3 is 5.97 Å². The largest absolute Gasteiger partial charge is 0.481 e. The monoisotopic (exact) mass is 331 g/mol. The number of nitrogens with one attached hydrogen (secondary N) is 1. The van der Waals surface area contributed by atoms with Crippen molar-refractivity contribution in [2.24, 2.45) is 5.92 Å². The number of aliphatic carboxylic acids is 1. The zero-order valence-electron chi connectivity index (χ0n) is 11.1. The first-order valence-corrected chi connectivity index (χ1v) is 7.27. The third-order valence-electron chi connectivity index (χ3n) is 3.38. The van der Waals surface area contributed by atoms with E-state index in [1.54, 1.807) is 18.2 Å². The van der Waals surface area contributed by atoms with Crippen LogP contribution in [0.2, 0.25) is 10.0 Å². The second-order valence-electron chi connectivity index (χ2n) is 4.89. The molecule has 1 aliphatic heterocycles. The Hall–Kier alpha value is -1.30. The molecule has 2 N–H and O–H groups in total. The van der Waals surface area contributed by atoms with Crippen LogP contribution in [0, 0.1) is 5.92 Å². The Morgan fingerprint density at radius 1 is 1.33 bits per heavy atom. The van der Waals surface area contributed by atoms with Crippen molar-refractivity contribution in [3.8, 4) is 0 Å². The average molecular weight is 332 g/mol. The van der Waals surface area contributed by atoms with Gasteiger partial charge in [-0.25, -0.2) is 0 Å². The molecule has 2 unspecified atom stereocenters. The highest BCUT2D eigenvalue weighted by molar-refractivity contribution is 6.35. The summed E-state index contributed by atoms with van der Waals surface area (Å²) < 4.78 is 5.10. The molecule has 1 aliphatic rings. The molecule has 1 fully saturated rings. The summed E-state index contributed by atoms with van der Waals surface area (Å²) in [6.07, 6.45) is 0.692. The number of rotatable bonds is 5. The fraction of sp³-hybridized carbons (Fsp3) is 0.429. The molecule has 1 aromatic carbocycles. The Balaban J connectivity index is 1.86. The quantitative estimate of drug-likeness (QED) is 0.866. The van der Waals surface area contributed by atoms with Crippen LogP contribution in [0.25, 0.3) is 0 Å². The Morgan fingerprint density at radius 3 is 2.76 bits per heavy atom. The molecule has 0 saturated carbocycles. The lowest BCUT2D eigenvalue weighted by Crippen LogP contribution is -2.42. The van der Waals surface area contributed by atoms with Crippen LogP contribution in [0.5, 0.6) is 0 Å². The number of carboxylic acids is 1. The molecule has 1 heterocycles. The molecule has 1 aromatic rings. The predicted molar refractivity (Wildman–Crippen MR) is 78.7 cm³/mol. The van der Waals surface area contributed by atoms with Gasteiger partial charge in [-0.15, -0.1) is 0 Å². The summed E-state index contributed by atoms with van der Waals surface area (Å²) in [6, 6.07) is 4.64. The van der Waals surface area contributed by atoms with Crippen LogP contribution in [0.1, 0.15) is 12.0 Å². The number of carbonyl (C=O) groups is 2. The van der Waals surface area contributed by atoms with Crippen molar-refractivity contribution in [2.45, 2.75) is 18.9 Å². The van der Waals surface area contributed by atoms with Gasteiger partial charge in [-0.3, -0.25) is 9.59 Å². The molecule has 0 aliphatic carbocycles. The fourth-order valence-corrected chi connectivity index (χ4v) is 2.69. The number of amides is 1. The van der Waals surface area contributed by atoms with Crippen molar-refractivity contribution in [2.75, 3.05) is 13.2 Å². The molecule has 7 heteroatoms. The predicted octanol–water partition coefficient (Wildman–Crippen LogP) is 2.14. The molecule has 114 valence electrons. The number of ether oxygens (including phenoxy) is 1. The molecule has 0 spiro atoms. The number of benzene rings is 1. The van der Waals surface area contributed by atoms with Gasteiger partial charge in [0.1, 0.15) is 5.92 Å². The van der Waals surface area contributed by atoms with Gasteiger partial charge in [0, 0.05) is 16.5 Å². The number of carboxylic acid groups (broad SMARTS) is 1. The van der Waals surface area contributed by atoms with Crippen molar-refractivity contribution in [3.05, 3.63) is 33.8 Å². The molecular formula is C14H15Cl2NO4. The fourth-order valence-electron chi connectivity index (χ4n) is 2.19. The molecular weight excluding hydrogens is 317 g/mol. The highest BCUT2D eigenvalue weighted by atomic mass is 35.5. The highest BCUT2D eigenvalue weighted by Gasteiger charge is 2.34. The molecule has 1 amide bonds. The van der Waals surface area contributed by atoms with E-state index in [1.165, 1.54) is 0 Å². The smallest absolute Gasteiger partial charge is 0.311 e. The molecule has 1 saturated heterocycles. The van der Waals surface area contributed by atoms with Gasteiger partial charge in [0.05, 0.1) is 19.3 Å². The maximum absolute atomic E-state index is 11.9. The van der Waals surface area contributed by atoms with Crippen LogP contribution >= 0.6 is 23.2 Å². The first kappa shape index (κ1) is 16.1. The molecule has 0 aromatic heterocycles. The zero-order valence-corrected chi connectivity index (χ0v) is 12.7.